The third-order valence-electron chi connectivity index (χ3n) is 4.26. The highest BCUT2D eigenvalue weighted by atomic mass is 16.5. The van der Waals surface area contributed by atoms with Crippen molar-refractivity contribution in [2.75, 3.05) is 6.61 Å². The number of ether oxygens (including phenoxy) is 1. The molecule has 4 nitrogen and oxygen atoms in total. The van der Waals surface area contributed by atoms with Crippen LogP contribution in [0.25, 0.3) is 0 Å². The summed E-state index contributed by atoms with van der Waals surface area (Å²) in [5, 5.41) is 3.57. The summed E-state index contributed by atoms with van der Waals surface area (Å²) in [6, 6.07) is 19.8. The molecular weight excluding hydrogens is 300 g/mol. The van der Waals surface area contributed by atoms with Gasteiger partial charge in [-0.2, -0.15) is 0 Å². The second-order valence-electron chi connectivity index (χ2n) is 5.84. The molecule has 0 radical (unpaired) electrons. The fourth-order valence-corrected chi connectivity index (χ4v) is 3.12. The fraction of sp³-hybridized carbons (Fsp3) is 0.250. The maximum absolute atomic E-state index is 12.4. The molecule has 2 atom stereocenters. The maximum atomic E-state index is 12.4. The van der Waals surface area contributed by atoms with E-state index in [1.165, 1.54) is 0 Å². The van der Waals surface area contributed by atoms with Crippen LogP contribution in [-0.2, 0) is 9.53 Å². The van der Waals surface area contributed by atoms with E-state index in [0.717, 1.165) is 11.1 Å². The van der Waals surface area contributed by atoms with Gasteiger partial charge in [-0.25, -0.2) is 4.79 Å². The minimum absolute atomic E-state index is 0.0644. The van der Waals surface area contributed by atoms with Gasteiger partial charge in [0.1, 0.15) is 0 Å². The first-order valence-corrected chi connectivity index (χ1v) is 8.22. The molecule has 1 aliphatic rings. The Balaban J connectivity index is 2.00. The fourth-order valence-electron chi connectivity index (χ4n) is 3.12. The van der Waals surface area contributed by atoms with E-state index in [4.69, 9.17) is 10.5 Å². The highest BCUT2D eigenvalue weighted by Crippen LogP contribution is 2.35. The number of esters is 1. The van der Waals surface area contributed by atoms with E-state index in [1.807, 2.05) is 48.5 Å². The van der Waals surface area contributed by atoms with Crippen LogP contribution < -0.4 is 11.1 Å². The Morgan fingerprint density at radius 3 is 2.25 bits per heavy atom. The molecule has 0 saturated heterocycles. The van der Waals surface area contributed by atoms with Gasteiger partial charge in [0.05, 0.1) is 18.2 Å². The van der Waals surface area contributed by atoms with Crippen LogP contribution in [0, 0.1) is 0 Å². The second-order valence-corrected chi connectivity index (χ2v) is 5.84. The number of hydrogen-bond donors (Lipinski definition) is 2. The predicted molar refractivity (Wildman–Crippen MR) is 94.0 cm³/mol. The molecule has 0 saturated carbocycles. The quantitative estimate of drug-likeness (QED) is 0.848. The molecule has 3 N–H and O–H groups in total. The topological polar surface area (TPSA) is 64.3 Å². The molecule has 0 unspecified atom stereocenters. The van der Waals surface area contributed by atoms with Gasteiger partial charge >= 0.3 is 5.97 Å². The second kappa shape index (κ2) is 7.32. The van der Waals surface area contributed by atoms with E-state index < -0.39 is 0 Å². The lowest BCUT2D eigenvalue weighted by atomic mass is 9.87. The Labute approximate surface area is 142 Å². The van der Waals surface area contributed by atoms with Crippen LogP contribution in [0.2, 0.25) is 0 Å². The summed E-state index contributed by atoms with van der Waals surface area (Å²) in [6.45, 7) is 2.13. The van der Waals surface area contributed by atoms with Crippen molar-refractivity contribution >= 4 is 5.97 Å². The molecule has 2 aromatic carbocycles. The molecule has 2 aromatic rings. The molecule has 24 heavy (non-hydrogen) atoms. The number of hydrogen-bond acceptors (Lipinski definition) is 4. The Morgan fingerprint density at radius 2 is 1.67 bits per heavy atom. The molecule has 1 heterocycles. The molecule has 124 valence electrons. The molecule has 0 aromatic heterocycles. The lowest BCUT2D eigenvalue weighted by molar-refractivity contribution is -0.139. The van der Waals surface area contributed by atoms with E-state index in [2.05, 4.69) is 17.4 Å². The maximum Gasteiger partial charge on any atom is 0.337 e. The van der Waals surface area contributed by atoms with Crippen LogP contribution in [0.15, 0.2) is 71.9 Å². The minimum Gasteiger partial charge on any atom is -0.463 e. The summed E-state index contributed by atoms with van der Waals surface area (Å²) in [5.41, 5.74) is 9.58. The zero-order valence-electron chi connectivity index (χ0n) is 13.7. The lowest BCUT2D eigenvalue weighted by Gasteiger charge is -2.33. The minimum atomic E-state index is -0.345. The number of nitrogens with two attached hydrogens (primary N) is 1. The zero-order valence-corrected chi connectivity index (χ0v) is 13.7. The average molecular weight is 322 g/mol. The van der Waals surface area contributed by atoms with Crippen LogP contribution in [0.5, 0.6) is 0 Å². The van der Waals surface area contributed by atoms with Crippen molar-refractivity contribution in [2.45, 2.75) is 25.4 Å². The largest absolute Gasteiger partial charge is 0.463 e. The van der Waals surface area contributed by atoms with Crippen molar-refractivity contribution in [3.05, 3.63) is 83.1 Å². The van der Waals surface area contributed by atoms with Crippen LogP contribution in [0.3, 0.4) is 0 Å². The van der Waals surface area contributed by atoms with Crippen LogP contribution in [-0.4, -0.2) is 12.6 Å². The molecule has 3 rings (SSSR count). The Bertz CT molecular complexity index is 726. The van der Waals surface area contributed by atoms with Crippen molar-refractivity contribution in [3.63, 3.8) is 0 Å². The van der Waals surface area contributed by atoms with Gasteiger partial charge in [-0.15, -0.1) is 0 Å². The Morgan fingerprint density at radius 1 is 1.08 bits per heavy atom. The predicted octanol–water partition coefficient (Wildman–Crippen LogP) is 3.24. The highest BCUT2D eigenvalue weighted by molar-refractivity contribution is 5.91. The van der Waals surface area contributed by atoms with Gasteiger partial charge in [0.25, 0.3) is 0 Å². The van der Waals surface area contributed by atoms with Gasteiger partial charge < -0.3 is 10.5 Å². The lowest BCUT2D eigenvalue weighted by Crippen LogP contribution is -2.38. The third-order valence-corrected chi connectivity index (χ3v) is 4.26. The molecule has 0 bridgehead atoms. The van der Waals surface area contributed by atoms with Crippen LogP contribution in [0.1, 0.15) is 36.6 Å². The molecular formula is C20H22N2O2. The number of carbonyl (C=O) groups excluding carboxylic acids is 1. The molecule has 0 fully saturated rings. The summed E-state index contributed by atoms with van der Waals surface area (Å²) in [7, 11) is 0. The molecule has 0 aliphatic carbocycles. The van der Waals surface area contributed by atoms with Gasteiger partial charge in [0.2, 0.25) is 0 Å². The van der Waals surface area contributed by atoms with E-state index in [9.17, 15) is 4.79 Å². The van der Waals surface area contributed by atoms with E-state index in [1.54, 1.807) is 6.92 Å². The number of nitrogens with one attached hydrogen (secondary N) is 1. The van der Waals surface area contributed by atoms with Gasteiger partial charge in [0.15, 0.2) is 0 Å². The molecule has 0 spiro atoms. The smallest absolute Gasteiger partial charge is 0.337 e. The van der Waals surface area contributed by atoms with E-state index >= 15 is 0 Å². The number of carbonyl (C=O) groups is 1. The standard InChI is InChI=1S/C20H22N2O2/c1-2-24-20(23)18-16(21)13-17(14-9-5-3-6-10-14)22-19(18)15-11-7-4-8-12-15/h3-12,17,19,22H,2,13,21H2,1H3/t17-,19+/m0/s1. The van der Waals surface area contributed by atoms with Crippen molar-refractivity contribution in [2.24, 2.45) is 5.73 Å². The zero-order chi connectivity index (χ0) is 16.9. The van der Waals surface area contributed by atoms with Gasteiger partial charge in [0, 0.05) is 18.2 Å². The molecule has 4 heteroatoms. The first-order valence-electron chi connectivity index (χ1n) is 8.22. The molecule has 0 amide bonds. The normalized spacial score (nSPS) is 20.7. The summed E-state index contributed by atoms with van der Waals surface area (Å²) < 4.78 is 5.23. The number of rotatable bonds is 4. The SMILES string of the molecule is CCOC(=O)C1=C(N)C[C@@H](c2ccccc2)N[C@@H]1c1ccccc1. The van der Waals surface area contributed by atoms with E-state index in [-0.39, 0.29) is 18.1 Å². The van der Waals surface area contributed by atoms with Crippen molar-refractivity contribution < 1.29 is 9.53 Å². The number of benzene rings is 2. The Hall–Kier alpha value is -2.59. The van der Waals surface area contributed by atoms with Gasteiger partial charge in [-0.3, -0.25) is 5.32 Å². The van der Waals surface area contributed by atoms with Gasteiger partial charge in [-0.1, -0.05) is 60.7 Å². The average Bonchev–Trinajstić information content (AvgIpc) is 2.62. The van der Waals surface area contributed by atoms with Crippen molar-refractivity contribution in [1.29, 1.82) is 0 Å². The summed E-state index contributed by atoms with van der Waals surface area (Å²) in [5.74, 6) is -0.345. The highest BCUT2D eigenvalue weighted by Gasteiger charge is 2.33. The van der Waals surface area contributed by atoms with Crippen molar-refractivity contribution in [3.8, 4) is 0 Å². The Kier molecular flexibility index (Phi) is 4.96. The summed E-state index contributed by atoms with van der Waals surface area (Å²) >= 11 is 0. The molecule has 1 aliphatic heterocycles. The van der Waals surface area contributed by atoms with E-state index in [0.29, 0.717) is 24.3 Å². The van der Waals surface area contributed by atoms with Gasteiger partial charge in [-0.05, 0) is 18.1 Å². The van der Waals surface area contributed by atoms with Crippen molar-refractivity contribution in [1.82, 2.24) is 5.32 Å². The first kappa shape index (κ1) is 16.3. The monoisotopic (exact) mass is 322 g/mol. The first-order chi connectivity index (χ1) is 11.7. The van der Waals surface area contributed by atoms with Crippen LogP contribution >= 0.6 is 0 Å². The third kappa shape index (κ3) is 3.34. The summed E-state index contributed by atoms with van der Waals surface area (Å²) in [6.07, 6.45) is 0.585. The van der Waals surface area contributed by atoms with Crippen LogP contribution in [0.4, 0.5) is 0 Å². The summed E-state index contributed by atoms with van der Waals surface area (Å²) in [4.78, 5) is 12.4.